The number of nitrogens with zero attached hydrogens (tertiary/aromatic N) is 1. The van der Waals surface area contributed by atoms with Gasteiger partial charge in [-0.2, -0.15) is 5.26 Å². The maximum absolute atomic E-state index is 8.95. The van der Waals surface area contributed by atoms with Gasteiger partial charge in [-0.05, 0) is 17.5 Å². The first-order chi connectivity index (χ1) is 6.72. The lowest BCUT2D eigenvalue weighted by Gasteiger charge is -2.08. The Labute approximate surface area is 82.9 Å². The molecule has 1 heterocycles. The molecule has 0 spiro atoms. The third-order valence-electron chi connectivity index (χ3n) is 2.29. The highest BCUT2D eigenvalue weighted by Crippen LogP contribution is 2.36. The van der Waals surface area contributed by atoms with Crippen LogP contribution in [0, 0.1) is 11.3 Å². The van der Waals surface area contributed by atoms with Gasteiger partial charge in [-0.1, -0.05) is 13.8 Å². The maximum Gasteiger partial charge on any atom is 0.231 e. The van der Waals surface area contributed by atoms with E-state index in [2.05, 4.69) is 19.9 Å². The molecular weight excluding hydrogens is 178 g/mol. The summed E-state index contributed by atoms with van der Waals surface area (Å²) in [5, 5.41) is 8.95. The monoisotopic (exact) mass is 189 g/mol. The Morgan fingerprint density at radius 2 is 1.93 bits per heavy atom. The summed E-state index contributed by atoms with van der Waals surface area (Å²) in [6.07, 6.45) is 0. The van der Waals surface area contributed by atoms with Crippen molar-refractivity contribution >= 4 is 0 Å². The summed E-state index contributed by atoms with van der Waals surface area (Å²) in [5.41, 5.74) is 1.68. The molecule has 0 radical (unpaired) electrons. The fourth-order valence-electron chi connectivity index (χ4n) is 1.53. The van der Waals surface area contributed by atoms with Gasteiger partial charge in [0.25, 0.3) is 0 Å². The Morgan fingerprint density at radius 3 is 2.50 bits per heavy atom. The van der Waals surface area contributed by atoms with Gasteiger partial charge in [0, 0.05) is 6.07 Å². The van der Waals surface area contributed by atoms with Crippen molar-refractivity contribution in [2.75, 3.05) is 6.79 Å². The Hall–Kier alpha value is -1.69. The van der Waals surface area contributed by atoms with E-state index in [0.717, 1.165) is 11.3 Å². The number of rotatable bonds is 1. The fraction of sp³-hybridized carbons (Fsp3) is 0.364. The number of fused-ring (bicyclic) bond motifs is 1. The minimum absolute atomic E-state index is 0.252. The largest absolute Gasteiger partial charge is 0.454 e. The third-order valence-corrected chi connectivity index (χ3v) is 2.29. The summed E-state index contributed by atoms with van der Waals surface area (Å²) in [7, 11) is 0. The van der Waals surface area contributed by atoms with Gasteiger partial charge in [0.15, 0.2) is 11.5 Å². The molecule has 0 aliphatic carbocycles. The molecule has 0 N–H and O–H groups in total. The molecular formula is C11H11NO2. The van der Waals surface area contributed by atoms with Gasteiger partial charge in [0.05, 0.1) is 11.6 Å². The Balaban J connectivity index is 2.56. The normalized spacial score (nSPS) is 13.0. The molecule has 0 saturated heterocycles. The molecule has 0 atom stereocenters. The summed E-state index contributed by atoms with van der Waals surface area (Å²) >= 11 is 0. The minimum Gasteiger partial charge on any atom is -0.454 e. The van der Waals surface area contributed by atoms with Gasteiger partial charge >= 0.3 is 0 Å². The van der Waals surface area contributed by atoms with Crippen LogP contribution in [0.25, 0.3) is 0 Å². The summed E-state index contributed by atoms with van der Waals surface area (Å²) in [5.74, 6) is 1.73. The number of nitriles is 1. The lowest BCUT2D eigenvalue weighted by atomic mass is 9.97. The molecule has 0 aromatic heterocycles. The first-order valence-electron chi connectivity index (χ1n) is 4.56. The zero-order valence-electron chi connectivity index (χ0n) is 8.20. The van der Waals surface area contributed by atoms with Crippen molar-refractivity contribution in [3.63, 3.8) is 0 Å². The molecule has 1 aliphatic heterocycles. The van der Waals surface area contributed by atoms with E-state index in [1.165, 1.54) is 0 Å². The minimum atomic E-state index is 0.252. The molecule has 0 saturated carbocycles. The highest BCUT2D eigenvalue weighted by molar-refractivity contribution is 5.53. The third kappa shape index (κ3) is 1.29. The van der Waals surface area contributed by atoms with E-state index in [9.17, 15) is 0 Å². The van der Waals surface area contributed by atoms with Crippen molar-refractivity contribution in [3.05, 3.63) is 23.3 Å². The van der Waals surface area contributed by atoms with Crippen LogP contribution < -0.4 is 9.47 Å². The summed E-state index contributed by atoms with van der Waals surface area (Å²) in [4.78, 5) is 0. The predicted molar refractivity (Wildman–Crippen MR) is 51.4 cm³/mol. The molecule has 1 aromatic rings. The highest BCUT2D eigenvalue weighted by atomic mass is 16.7. The average Bonchev–Trinajstić information content (AvgIpc) is 2.62. The molecule has 0 unspecified atom stereocenters. The van der Waals surface area contributed by atoms with Crippen molar-refractivity contribution < 1.29 is 9.47 Å². The summed E-state index contributed by atoms with van der Waals surface area (Å²) < 4.78 is 10.5. The quantitative estimate of drug-likeness (QED) is 0.681. The van der Waals surface area contributed by atoms with Gasteiger partial charge in [-0.3, -0.25) is 0 Å². The Morgan fingerprint density at radius 1 is 1.29 bits per heavy atom. The van der Waals surface area contributed by atoms with E-state index in [4.69, 9.17) is 14.7 Å². The summed E-state index contributed by atoms with van der Waals surface area (Å²) in [6.45, 7) is 4.36. The van der Waals surface area contributed by atoms with E-state index < -0.39 is 0 Å². The molecule has 0 fully saturated rings. The molecule has 3 nitrogen and oxygen atoms in total. The van der Waals surface area contributed by atoms with E-state index in [-0.39, 0.29) is 6.79 Å². The van der Waals surface area contributed by atoms with E-state index in [1.54, 1.807) is 6.07 Å². The van der Waals surface area contributed by atoms with E-state index in [1.807, 2.05) is 6.07 Å². The zero-order chi connectivity index (χ0) is 10.1. The zero-order valence-corrected chi connectivity index (χ0v) is 8.20. The molecule has 0 bridgehead atoms. The second kappa shape index (κ2) is 3.22. The van der Waals surface area contributed by atoms with Gasteiger partial charge in [-0.25, -0.2) is 0 Å². The van der Waals surface area contributed by atoms with E-state index >= 15 is 0 Å². The molecule has 2 rings (SSSR count). The van der Waals surface area contributed by atoms with Crippen molar-refractivity contribution in [2.24, 2.45) is 0 Å². The van der Waals surface area contributed by atoms with Crippen molar-refractivity contribution in [2.45, 2.75) is 19.8 Å². The first-order valence-corrected chi connectivity index (χ1v) is 4.56. The second-order valence-electron chi connectivity index (χ2n) is 3.56. The van der Waals surface area contributed by atoms with Crippen LogP contribution in [0.4, 0.5) is 0 Å². The molecule has 72 valence electrons. The van der Waals surface area contributed by atoms with Crippen LogP contribution in [0.2, 0.25) is 0 Å². The van der Waals surface area contributed by atoms with Crippen LogP contribution in [0.5, 0.6) is 11.5 Å². The van der Waals surface area contributed by atoms with E-state index in [0.29, 0.717) is 17.2 Å². The van der Waals surface area contributed by atoms with Crippen molar-refractivity contribution in [3.8, 4) is 17.6 Å². The topological polar surface area (TPSA) is 42.2 Å². The molecule has 3 heteroatoms. The Kier molecular flexibility index (Phi) is 2.05. The number of benzene rings is 1. The standard InChI is InChI=1S/C11H11NO2/c1-7(2)9-4-11-10(13-6-14-11)3-8(9)5-12/h3-4,7H,6H2,1-2H3. The van der Waals surface area contributed by atoms with Crippen LogP contribution in [0.3, 0.4) is 0 Å². The van der Waals surface area contributed by atoms with Crippen LogP contribution in [0.1, 0.15) is 30.9 Å². The average molecular weight is 189 g/mol. The van der Waals surface area contributed by atoms with Gasteiger partial charge in [0.1, 0.15) is 0 Å². The number of ether oxygens (including phenoxy) is 2. The lowest BCUT2D eigenvalue weighted by molar-refractivity contribution is 0.174. The van der Waals surface area contributed by atoms with Crippen molar-refractivity contribution in [1.29, 1.82) is 5.26 Å². The van der Waals surface area contributed by atoms with Crippen LogP contribution in [-0.2, 0) is 0 Å². The van der Waals surface area contributed by atoms with Crippen LogP contribution in [0.15, 0.2) is 12.1 Å². The van der Waals surface area contributed by atoms with Gasteiger partial charge in [-0.15, -0.1) is 0 Å². The lowest BCUT2D eigenvalue weighted by Crippen LogP contribution is -1.93. The molecule has 14 heavy (non-hydrogen) atoms. The number of hydrogen-bond acceptors (Lipinski definition) is 3. The second-order valence-corrected chi connectivity index (χ2v) is 3.56. The summed E-state index contributed by atoms with van der Waals surface area (Å²) in [6, 6.07) is 5.81. The molecule has 0 amide bonds. The van der Waals surface area contributed by atoms with Crippen molar-refractivity contribution in [1.82, 2.24) is 0 Å². The SMILES string of the molecule is CC(C)c1cc2c(cc1C#N)OCO2. The van der Waals surface area contributed by atoms with Crippen LogP contribution >= 0.6 is 0 Å². The number of hydrogen-bond donors (Lipinski definition) is 0. The predicted octanol–water partition coefficient (Wildman–Crippen LogP) is 2.41. The fourth-order valence-corrected chi connectivity index (χ4v) is 1.53. The van der Waals surface area contributed by atoms with Gasteiger partial charge < -0.3 is 9.47 Å². The van der Waals surface area contributed by atoms with Crippen LogP contribution in [-0.4, -0.2) is 6.79 Å². The maximum atomic E-state index is 8.95. The molecule has 1 aliphatic rings. The van der Waals surface area contributed by atoms with Gasteiger partial charge in [0.2, 0.25) is 6.79 Å². The first kappa shape index (κ1) is 8.89. The smallest absolute Gasteiger partial charge is 0.231 e. The highest BCUT2D eigenvalue weighted by Gasteiger charge is 2.18. The Bertz CT molecular complexity index is 404. The molecule has 1 aromatic carbocycles.